The molecule has 0 aliphatic carbocycles. The van der Waals surface area contributed by atoms with Crippen molar-refractivity contribution in [1.82, 2.24) is 4.57 Å². The summed E-state index contributed by atoms with van der Waals surface area (Å²) in [5, 5.41) is 15.3. The van der Waals surface area contributed by atoms with Gasteiger partial charge in [0.25, 0.3) is 5.69 Å². The number of nitrogens with zero attached hydrogens (tertiary/aromatic N) is 3. The van der Waals surface area contributed by atoms with E-state index in [4.69, 9.17) is 17.0 Å². The van der Waals surface area contributed by atoms with Gasteiger partial charge >= 0.3 is 5.97 Å². The molecule has 0 radical (unpaired) electrons. The molecule has 0 atom stereocenters. The summed E-state index contributed by atoms with van der Waals surface area (Å²) in [4.78, 5) is 23.1. The normalized spacial score (nSPS) is 11.4. The molecule has 0 aliphatic heterocycles. The smallest absolute Gasteiger partial charge is 0.376 e. The first-order valence-electron chi connectivity index (χ1n) is 7.88. The van der Waals surface area contributed by atoms with E-state index >= 15 is 0 Å². The van der Waals surface area contributed by atoms with Gasteiger partial charge in [-0.1, -0.05) is 24.3 Å². The second kappa shape index (κ2) is 8.06. The Morgan fingerprint density at radius 1 is 1.30 bits per heavy atom. The van der Waals surface area contributed by atoms with Crippen LogP contribution in [0.3, 0.4) is 0 Å². The minimum Gasteiger partial charge on any atom is -0.460 e. The number of hydrogen-bond acceptors (Lipinski definition) is 8. The van der Waals surface area contributed by atoms with Gasteiger partial charge in [-0.2, -0.15) is 0 Å². The minimum absolute atomic E-state index is 0.0996. The van der Waals surface area contributed by atoms with Gasteiger partial charge in [0.05, 0.1) is 21.7 Å². The number of nitrogens with one attached hydrogen (secondary N) is 1. The van der Waals surface area contributed by atoms with Gasteiger partial charge in [0, 0.05) is 6.07 Å². The topological polar surface area (TPSA) is 98.8 Å². The fraction of sp³-hybridized carbons (Fsp3) is 0.118. The number of carbonyl (C=O) groups excluding carboxylic acids is 1. The van der Waals surface area contributed by atoms with Gasteiger partial charge in [-0.3, -0.25) is 20.1 Å². The van der Waals surface area contributed by atoms with E-state index in [0.29, 0.717) is 9.47 Å². The molecule has 1 heterocycles. The summed E-state index contributed by atoms with van der Waals surface area (Å²) in [5.74, 6) is -0.791. The molecule has 10 heteroatoms. The van der Waals surface area contributed by atoms with E-state index in [1.807, 2.05) is 18.2 Å². The Morgan fingerprint density at radius 2 is 2.00 bits per heavy atom. The Morgan fingerprint density at radius 3 is 2.74 bits per heavy atom. The summed E-state index contributed by atoms with van der Waals surface area (Å²) >= 11 is 6.71. The third-order valence-corrected chi connectivity index (χ3v) is 4.89. The zero-order chi connectivity index (χ0) is 19.4. The molecule has 0 unspecified atom stereocenters. The number of nitro benzene ring substituents is 1. The maximum Gasteiger partial charge on any atom is 0.376 e. The lowest BCUT2D eigenvalue weighted by Gasteiger charge is -2.09. The van der Waals surface area contributed by atoms with E-state index in [0.717, 1.165) is 4.70 Å². The lowest BCUT2D eigenvalue weighted by Crippen LogP contribution is -2.26. The van der Waals surface area contributed by atoms with Crippen LogP contribution in [0, 0.1) is 14.1 Å². The SMILES string of the molecule is CCOC(=O)/C(=N\Nc1ccccc1[N+](=O)[O-])n1c(=S)sc2ccccc21. The van der Waals surface area contributed by atoms with Crippen LogP contribution in [0.4, 0.5) is 11.4 Å². The quantitative estimate of drug-likeness (QED) is 0.176. The number of esters is 1. The summed E-state index contributed by atoms with van der Waals surface area (Å²) in [6.45, 7) is 1.83. The third-order valence-electron chi connectivity index (χ3n) is 3.54. The molecular formula is C17H14N4O4S2. The maximum absolute atomic E-state index is 12.5. The number of ether oxygens (including phenoxy) is 1. The van der Waals surface area contributed by atoms with Crippen LogP contribution in [0.1, 0.15) is 6.92 Å². The van der Waals surface area contributed by atoms with E-state index in [9.17, 15) is 14.9 Å². The van der Waals surface area contributed by atoms with Gasteiger partial charge in [0.2, 0.25) is 5.84 Å². The van der Waals surface area contributed by atoms with E-state index in [1.54, 1.807) is 25.1 Å². The molecule has 0 saturated carbocycles. The molecule has 3 aromatic rings. The Labute approximate surface area is 162 Å². The zero-order valence-corrected chi connectivity index (χ0v) is 15.8. The molecule has 0 spiro atoms. The average Bonchev–Trinajstić information content (AvgIpc) is 2.98. The second-order valence-electron chi connectivity index (χ2n) is 5.21. The number of thiazole rings is 1. The summed E-state index contributed by atoms with van der Waals surface area (Å²) in [6.07, 6.45) is 0. The number of carbonyl (C=O) groups is 1. The largest absolute Gasteiger partial charge is 0.460 e. The predicted octanol–water partition coefficient (Wildman–Crippen LogP) is 4.18. The van der Waals surface area contributed by atoms with Crippen LogP contribution in [0.25, 0.3) is 10.2 Å². The van der Waals surface area contributed by atoms with Crippen LogP contribution in [-0.4, -0.2) is 27.9 Å². The van der Waals surface area contributed by atoms with Gasteiger partial charge in [0.15, 0.2) is 3.95 Å². The van der Waals surface area contributed by atoms with Crippen LogP contribution in [0.2, 0.25) is 0 Å². The predicted molar refractivity (Wildman–Crippen MR) is 107 cm³/mol. The molecular weight excluding hydrogens is 388 g/mol. The van der Waals surface area contributed by atoms with Gasteiger partial charge in [-0.05, 0) is 37.3 Å². The molecule has 1 aromatic heterocycles. The minimum atomic E-state index is -0.691. The van der Waals surface area contributed by atoms with Crippen molar-refractivity contribution in [3.63, 3.8) is 0 Å². The van der Waals surface area contributed by atoms with Crippen molar-refractivity contribution in [2.24, 2.45) is 5.10 Å². The molecule has 1 N–H and O–H groups in total. The molecule has 2 aromatic carbocycles. The monoisotopic (exact) mass is 402 g/mol. The molecule has 0 saturated heterocycles. The number of hydrogen-bond donors (Lipinski definition) is 1. The zero-order valence-electron chi connectivity index (χ0n) is 14.1. The van der Waals surface area contributed by atoms with Crippen LogP contribution in [0.15, 0.2) is 53.6 Å². The van der Waals surface area contributed by atoms with Crippen LogP contribution in [-0.2, 0) is 9.53 Å². The number of anilines is 1. The Balaban J connectivity index is 2.11. The van der Waals surface area contributed by atoms with Gasteiger partial charge in [0.1, 0.15) is 5.69 Å². The van der Waals surface area contributed by atoms with Gasteiger partial charge < -0.3 is 4.74 Å². The molecule has 0 amide bonds. The highest BCUT2D eigenvalue weighted by Crippen LogP contribution is 2.25. The van der Waals surface area contributed by atoms with E-state index < -0.39 is 10.9 Å². The van der Waals surface area contributed by atoms with Crippen molar-refractivity contribution in [3.05, 3.63) is 62.6 Å². The number of hydrazone groups is 1. The standard InChI is InChI=1S/C17H14N4O4S2/c1-2-25-16(22)15(19-18-11-7-3-4-8-12(11)21(23)24)20-13-9-5-6-10-14(13)27-17(20)26/h3-10,18H,2H2,1H3/b19-15+. The third kappa shape index (κ3) is 3.86. The number of para-hydroxylation sites is 3. The first-order valence-corrected chi connectivity index (χ1v) is 9.10. The summed E-state index contributed by atoms with van der Waals surface area (Å²) < 4.78 is 7.88. The Bertz CT molecular complexity index is 1100. The molecule has 0 fully saturated rings. The van der Waals surface area contributed by atoms with Crippen molar-refractivity contribution in [2.45, 2.75) is 6.92 Å². The number of fused-ring (bicyclic) bond motifs is 1. The molecule has 8 nitrogen and oxygen atoms in total. The van der Waals surface area contributed by atoms with E-state index in [2.05, 4.69) is 10.5 Å². The number of rotatable bonds is 4. The van der Waals surface area contributed by atoms with Crippen LogP contribution >= 0.6 is 23.6 Å². The molecule has 3 rings (SSSR count). The second-order valence-corrected chi connectivity index (χ2v) is 6.89. The maximum atomic E-state index is 12.5. The molecule has 27 heavy (non-hydrogen) atoms. The van der Waals surface area contributed by atoms with Crippen LogP contribution < -0.4 is 5.43 Å². The van der Waals surface area contributed by atoms with Crippen molar-refractivity contribution in [2.75, 3.05) is 12.0 Å². The Hall–Kier alpha value is -3.11. The van der Waals surface area contributed by atoms with E-state index in [1.165, 1.54) is 28.0 Å². The lowest BCUT2D eigenvalue weighted by molar-refractivity contribution is -0.384. The average molecular weight is 402 g/mol. The van der Waals surface area contributed by atoms with E-state index in [-0.39, 0.29) is 23.8 Å². The Kier molecular flexibility index (Phi) is 5.57. The first kappa shape index (κ1) is 18.7. The van der Waals surface area contributed by atoms with Crippen molar-refractivity contribution in [3.8, 4) is 0 Å². The summed E-state index contributed by atoms with van der Waals surface area (Å²) in [5.41, 5.74) is 3.28. The molecule has 138 valence electrons. The fourth-order valence-electron chi connectivity index (χ4n) is 2.39. The van der Waals surface area contributed by atoms with Gasteiger partial charge in [-0.25, -0.2) is 4.79 Å². The number of benzene rings is 2. The van der Waals surface area contributed by atoms with Crippen molar-refractivity contribution in [1.29, 1.82) is 0 Å². The lowest BCUT2D eigenvalue weighted by atomic mass is 10.3. The highest BCUT2D eigenvalue weighted by Gasteiger charge is 2.21. The molecule has 0 bridgehead atoms. The van der Waals surface area contributed by atoms with Crippen molar-refractivity contribution >= 4 is 57.0 Å². The highest BCUT2D eigenvalue weighted by atomic mass is 32.1. The van der Waals surface area contributed by atoms with Gasteiger partial charge in [-0.15, -0.1) is 16.4 Å². The van der Waals surface area contributed by atoms with Crippen LogP contribution in [0.5, 0.6) is 0 Å². The first-order chi connectivity index (χ1) is 13.0. The number of aromatic nitrogens is 1. The number of nitro groups is 1. The highest BCUT2D eigenvalue weighted by molar-refractivity contribution is 7.73. The fourth-order valence-corrected chi connectivity index (χ4v) is 3.72. The van der Waals surface area contributed by atoms with Crippen molar-refractivity contribution < 1.29 is 14.5 Å². The summed E-state index contributed by atoms with van der Waals surface area (Å²) in [7, 11) is 0. The summed E-state index contributed by atoms with van der Waals surface area (Å²) in [6, 6.07) is 13.4. The molecule has 0 aliphatic rings.